The lowest BCUT2D eigenvalue weighted by molar-refractivity contribution is -0.139. The standard InChI is InChI=1S/C20H27N3O3/c1-14(2)16-4-6-18(7-5-16)26-15(3)20(25)23-12-9-17(10-13-23)22-19(24)8-11-21/h4-7,14-15,17H,8-10,12-13H2,1-3H3,(H,22,24). The van der Waals surface area contributed by atoms with E-state index < -0.39 is 6.10 Å². The molecule has 0 spiro atoms. The number of carbonyl (C=O) groups is 2. The highest BCUT2D eigenvalue weighted by Crippen LogP contribution is 2.20. The summed E-state index contributed by atoms with van der Waals surface area (Å²) in [6.07, 6.45) is 0.710. The van der Waals surface area contributed by atoms with Gasteiger partial charge in [0.15, 0.2) is 6.10 Å². The number of piperidine rings is 1. The Morgan fingerprint density at radius 1 is 1.23 bits per heavy atom. The zero-order chi connectivity index (χ0) is 19.1. The van der Waals surface area contributed by atoms with Crippen LogP contribution in [0.25, 0.3) is 0 Å². The highest BCUT2D eigenvalue weighted by atomic mass is 16.5. The summed E-state index contributed by atoms with van der Waals surface area (Å²) in [5.74, 6) is 0.852. The monoisotopic (exact) mass is 357 g/mol. The highest BCUT2D eigenvalue weighted by Gasteiger charge is 2.27. The van der Waals surface area contributed by atoms with Crippen molar-refractivity contribution in [3.63, 3.8) is 0 Å². The Bertz CT molecular complexity index is 656. The molecule has 1 aromatic rings. The molecule has 0 radical (unpaired) electrons. The summed E-state index contributed by atoms with van der Waals surface area (Å²) in [7, 11) is 0. The van der Waals surface area contributed by atoms with Gasteiger partial charge >= 0.3 is 0 Å². The summed E-state index contributed by atoms with van der Waals surface area (Å²) in [4.78, 5) is 25.8. The zero-order valence-electron chi connectivity index (χ0n) is 15.7. The van der Waals surface area contributed by atoms with Crippen molar-refractivity contribution >= 4 is 11.8 Å². The number of nitriles is 1. The third-order valence-corrected chi connectivity index (χ3v) is 4.62. The Morgan fingerprint density at radius 2 is 1.85 bits per heavy atom. The predicted molar refractivity (Wildman–Crippen MR) is 98.6 cm³/mol. The van der Waals surface area contributed by atoms with Crippen LogP contribution in [0.2, 0.25) is 0 Å². The minimum absolute atomic E-state index is 0.0275. The number of benzene rings is 1. The van der Waals surface area contributed by atoms with Gasteiger partial charge in [0.05, 0.1) is 6.07 Å². The minimum Gasteiger partial charge on any atom is -0.481 e. The molecule has 1 unspecified atom stereocenters. The van der Waals surface area contributed by atoms with E-state index in [0.717, 1.165) is 0 Å². The van der Waals surface area contributed by atoms with Gasteiger partial charge in [-0.3, -0.25) is 9.59 Å². The van der Waals surface area contributed by atoms with Crippen LogP contribution in [0.15, 0.2) is 24.3 Å². The summed E-state index contributed by atoms with van der Waals surface area (Å²) in [6.45, 7) is 7.19. The maximum Gasteiger partial charge on any atom is 0.263 e. The zero-order valence-corrected chi connectivity index (χ0v) is 15.7. The Morgan fingerprint density at radius 3 is 2.38 bits per heavy atom. The Hall–Kier alpha value is -2.55. The number of nitrogens with one attached hydrogen (secondary N) is 1. The van der Waals surface area contributed by atoms with Gasteiger partial charge in [0.1, 0.15) is 12.2 Å². The van der Waals surface area contributed by atoms with Gasteiger partial charge in [0, 0.05) is 19.1 Å². The summed E-state index contributed by atoms with van der Waals surface area (Å²) >= 11 is 0. The van der Waals surface area contributed by atoms with E-state index >= 15 is 0 Å². The first-order valence-electron chi connectivity index (χ1n) is 9.12. The predicted octanol–water partition coefficient (Wildman–Crippen LogP) is 2.60. The van der Waals surface area contributed by atoms with Crippen LogP contribution in [0.4, 0.5) is 0 Å². The maximum atomic E-state index is 12.6. The number of nitrogens with zero attached hydrogens (tertiary/aromatic N) is 2. The van der Waals surface area contributed by atoms with Gasteiger partial charge in [-0.05, 0) is 43.4 Å². The van der Waals surface area contributed by atoms with E-state index in [-0.39, 0.29) is 24.3 Å². The number of amides is 2. The van der Waals surface area contributed by atoms with Crippen LogP contribution in [-0.2, 0) is 9.59 Å². The highest BCUT2D eigenvalue weighted by molar-refractivity contribution is 5.81. The summed E-state index contributed by atoms with van der Waals surface area (Å²) in [5.41, 5.74) is 1.23. The molecular formula is C20H27N3O3. The first-order chi connectivity index (χ1) is 12.4. The topological polar surface area (TPSA) is 82.4 Å². The molecule has 140 valence electrons. The molecule has 2 amide bonds. The smallest absolute Gasteiger partial charge is 0.263 e. The van der Waals surface area contributed by atoms with Crippen LogP contribution >= 0.6 is 0 Å². The van der Waals surface area contributed by atoms with Crippen LogP contribution < -0.4 is 10.1 Å². The van der Waals surface area contributed by atoms with Crippen molar-refractivity contribution in [3.05, 3.63) is 29.8 Å². The molecule has 1 aliphatic heterocycles. The molecule has 1 fully saturated rings. The SMILES string of the molecule is CC(Oc1ccc(C(C)C)cc1)C(=O)N1CCC(NC(=O)CC#N)CC1. The molecule has 1 atom stereocenters. The molecule has 1 saturated heterocycles. The van der Waals surface area contributed by atoms with Crippen LogP contribution in [0.3, 0.4) is 0 Å². The van der Waals surface area contributed by atoms with Crippen molar-refractivity contribution in [3.8, 4) is 11.8 Å². The van der Waals surface area contributed by atoms with Crippen molar-refractivity contribution < 1.29 is 14.3 Å². The van der Waals surface area contributed by atoms with Gasteiger partial charge in [0.25, 0.3) is 5.91 Å². The van der Waals surface area contributed by atoms with Gasteiger partial charge in [-0.25, -0.2) is 0 Å². The van der Waals surface area contributed by atoms with Crippen LogP contribution in [0, 0.1) is 11.3 Å². The van der Waals surface area contributed by atoms with Gasteiger partial charge in [-0.15, -0.1) is 0 Å². The van der Waals surface area contributed by atoms with Crippen molar-refractivity contribution in [2.24, 2.45) is 0 Å². The summed E-state index contributed by atoms with van der Waals surface area (Å²) in [5, 5.41) is 11.4. The molecule has 1 aromatic carbocycles. The molecule has 1 heterocycles. The first-order valence-corrected chi connectivity index (χ1v) is 9.12. The number of ether oxygens (including phenoxy) is 1. The van der Waals surface area contributed by atoms with Gasteiger partial charge < -0.3 is 15.0 Å². The fourth-order valence-corrected chi connectivity index (χ4v) is 3.04. The second-order valence-corrected chi connectivity index (χ2v) is 6.99. The Kier molecular flexibility index (Phi) is 7.02. The van der Waals surface area contributed by atoms with E-state index in [4.69, 9.17) is 10.00 Å². The van der Waals surface area contributed by atoms with E-state index in [2.05, 4.69) is 19.2 Å². The Labute approximate surface area is 155 Å². The van der Waals surface area contributed by atoms with E-state index in [1.54, 1.807) is 11.8 Å². The summed E-state index contributed by atoms with van der Waals surface area (Å²) in [6, 6.07) is 9.70. The maximum absolute atomic E-state index is 12.6. The molecule has 0 aromatic heterocycles. The number of rotatable bonds is 6. The molecule has 1 aliphatic rings. The first kappa shape index (κ1) is 19.8. The number of carbonyl (C=O) groups excluding carboxylic acids is 2. The normalized spacial score (nSPS) is 16.0. The second-order valence-electron chi connectivity index (χ2n) is 6.99. The average Bonchev–Trinajstić information content (AvgIpc) is 2.62. The fourth-order valence-electron chi connectivity index (χ4n) is 3.04. The van der Waals surface area contributed by atoms with Gasteiger partial charge in [-0.2, -0.15) is 5.26 Å². The van der Waals surface area contributed by atoms with Crippen LogP contribution in [-0.4, -0.2) is 41.9 Å². The largest absolute Gasteiger partial charge is 0.481 e. The third kappa shape index (κ3) is 5.48. The van der Waals surface area contributed by atoms with Crippen LogP contribution in [0.1, 0.15) is 51.5 Å². The lowest BCUT2D eigenvalue weighted by atomic mass is 10.0. The van der Waals surface area contributed by atoms with Gasteiger partial charge in [0.2, 0.25) is 5.91 Å². The number of hydrogen-bond donors (Lipinski definition) is 1. The van der Waals surface area contributed by atoms with Crippen molar-refractivity contribution in [2.45, 2.75) is 58.1 Å². The molecule has 1 N–H and O–H groups in total. The molecule has 6 nitrogen and oxygen atoms in total. The summed E-state index contributed by atoms with van der Waals surface area (Å²) < 4.78 is 5.79. The van der Waals surface area contributed by atoms with Gasteiger partial charge in [-0.1, -0.05) is 26.0 Å². The molecule has 0 saturated carbocycles. The van der Waals surface area contributed by atoms with Crippen molar-refractivity contribution in [1.82, 2.24) is 10.2 Å². The lowest BCUT2D eigenvalue weighted by Crippen LogP contribution is -2.49. The van der Waals surface area contributed by atoms with Crippen LogP contribution in [0.5, 0.6) is 5.75 Å². The quantitative estimate of drug-likeness (QED) is 0.848. The van der Waals surface area contributed by atoms with E-state index in [1.807, 2.05) is 30.3 Å². The van der Waals surface area contributed by atoms with E-state index in [9.17, 15) is 9.59 Å². The number of hydrogen-bond acceptors (Lipinski definition) is 4. The molecule has 6 heteroatoms. The minimum atomic E-state index is -0.551. The fraction of sp³-hybridized carbons (Fsp3) is 0.550. The van der Waals surface area contributed by atoms with Crippen molar-refractivity contribution in [1.29, 1.82) is 5.26 Å². The van der Waals surface area contributed by atoms with E-state index in [0.29, 0.717) is 37.6 Å². The molecule has 0 aliphatic carbocycles. The molecule has 0 bridgehead atoms. The average molecular weight is 357 g/mol. The third-order valence-electron chi connectivity index (χ3n) is 4.62. The second kappa shape index (κ2) is 9.23. The molecule has 2 rings (SSSR count). The Balaban J connectivity index is 1.82. The lowest BCUT2D eigenvalue weighted by Gasteiger charge is -2.33. The molecular weight excluding hydrogens is 330 g/mol. The van der Waals surface area contributed by atoms with Crippen molar-refractivity contribution in [2.75, 3.05) is 13.1 Å². The molecule has 26 heavy (non-hydrogen) atoms. The number of likely N-dealkylation sites (tertiary alicyclic amines) is 1. The van der Waals surface area contributed by atoms with E-state index in [1.165, 1.54) is 5.56 Å².